The Bertz CT molecular complexity index is 563. The summed E-state index contributed by atoms with van der Waals surface area (Å²) in [6, 6.07) is 8.33. The van der Waals surface area contributed by atoms with Gasteiger partial charge in [0.2, 0.25) is 0 Å². The molecular weight excluding hydrogens is 405 g/mol. The molecule has 152 valence electrons. The fourth-order valence-corrected chi connectivity index (χ4v) is 3.38. The topological polar surface area (TPSA) is 107 Å². The maximum atomic E-state index is 11.9. The molecule has 0 aliphatic rings. The van der Waals surface area contributed by atoms with E-state index in [9.17, 15) is 8.42 Å². The van der Waals surface area contributed by atoms with Crippen LogP contribution in [0.3, 0.4) is 0 Å². The van der Waals surface area contributed by atoms with E-state index in [-0.39, 0.29) is 57.6 Å². The van der Waals surface area contributed by atoms with Crippen LogP contribution in [-0.2, 0) is 14.3 Å². The molecule has 0 saturated carbocycles. The van der Waals surface area contributed by atoms with Crippen molar-refractivity contribution in [2.24, 2.45) is 0 Å². The Hall–Kier alpha value is -0.0675. The molecule has 9 heteroatoms. The summed E-state index contributed by atoms with van der Waals surface area (Å²) in [6.45, 7) is 2.52. The number of carbonyl (C=O) groups is 1. The summed E-state index contributed by atoms with van der Waals surface area (Å²) in [5.74, 6) is 0. The van der Waals surface area contributed by atoms with Crippen LogP contribution in [0, 0.1) is 0 Å². The summed E-state index contributed by atoms with van der Waals surface area (Å²) in [7, 11) is -3.57. The zero-order valence-corrected chi connectivity index (χ0v) is 20.6. The number of benzene rings is 1. The van der Waals surface area contributed by atoms with Crippen LogP contribution in [0.4, 0.5) is 4.79 Å². The van der Waals surface area contributed by atoms with Crippen LogP contribution in [0.25, 0.3) is 0 Å². The van der Waals surface area contributed by atoms with Crippen molar-refractivity contribution in [2.45, 2.75) is 76.0 Å². The fraction of sp³-hybridized carbons (Fsp3) is 0.632. The number of carboxylic acid groups (broad SMARTS) is 2. The molecule has 0 aromatic heterocycles. The van der Waals surface area contributed by atoms with Gasteiger partial charge in [0.25, 0.3) is 10.1 Å². The van der Waals surface area contributed by atoms with Crippen molar-refractivity contribution in [1.29, 1.82) is 0 Å². The maximum absolute atomic E-state index is 11.9. The standard InChI is InChI=1S/C18H30O3S.CH2O3.2Mg/c1-2-3-4-5-6-7-8-9-10-14-17-21-22(19,20)18-15-12-11-13-16-18;2-1(3)4;;/h11-13,15-16H,2-10,14,17H2,1H3;(H2,2,3,4);;/q;;;+2/p-2. The van der Waals surface area contributed by atoms with Crippen LogP contribution in [-0.4, -0.2) is 67.3 Å². The minimum atomic E-state index is -3.57. The van der Waals surface area contributed by atoms with Gasteiger partial charge in [-0.2, -0.15) is 8.42 Å². The smallest absolute Gasteiger partial charge is 0.652 e. The van der Waals surface area contributed by atoms with Gasteiger partial charge in [-0.05, 0) is 24.7 Å². The van der Waals surface area contributed by atoms with Gasteiger partial charge in [-0.3, -0.25) is 4.18 Å². The second kappa shape index (κ2) is 21.6. The average molecular weight is 435 g/mol. The zero-order valence-electron chi connectivity index (χ0n) is 16.9. The molecule has 6 nitrogen and oxygen atoms in total. The first-order chi connectivity index (χ1) is 12.4. The molecule has 0 aliphatic carbocycles. The van der Waals surface area contributed by atoms with Crippen molar-refractivity contribution in [3.63, 3.8) is 0 Å². The average Bonchev–Trinajstić information content (AvgIpc) is 2.60. The van der Waals surface area contributed by atoms with Crippen LogP contribution in [0.2, 0.25) is 0 Å². The van der Waals surface area contributed by atoms with Gasteiger partial charge in [0.15, 0.2) is 0 Å². The first kappa shape index (κ1) is 32.6. The molecular formula is C19H30Mg2O6S. The van der Waals surface area contributed by atoms with Crippen LogP contribution in [0.15, 0.2) is 35.2 Å². The Morgan fingerprint density at radius 2 is 1.25 bits per heavy atom. The molecule has 0 aliphatic heterocycles. The monoisotopic (exact) mass is 434 g/mol. The SMILES string of the molecule is CCCCCCCCCCCCOS(=O)(=O)c1ccccc1.O=C([O-])[O-].[Mg+2].[Mg]. The third kappa shape index (κ3) is 20.7. The summed E-state index contributed by atoms with van der Waals surface area (Å²) in [5.41, 5.74) is 0. The van der Waals surface area contributed by atoms with E-state index in [0.717, 1.165) is 12.8 Å². The van der Waals surface area contributed by atoms with Gasteiger partial charge in [0.05, 0.1) is 11.5 Å². The van der Waals surface area contributed by atoms with E-state index in [1.165, 1.54) is 51.4 Å². The largest absolute Gasteiger partial charge is 2.00 e. The van der Waals surface area contributed by atoms with E-state index in [2.05, 4.69) is 6.92 Å². The number of hydrogen-bond donors (Lipinski definition) is 0. The van der Waals surface area contributed by atoms with Crippen molar-refractivity contribution in [3.05, 3.63) is 30.3 Å². The molecule has 1 rings (SSSR count). The van der Waals surface area contributed by atoms with Gasteiger partial charge in [-0.1, -0.05) is 82.9 Å². The molecule has 28 heavy (non-hydrogen) atoms. The molecule has 1 aromatic rings. The summed E-state index contributed by atoms with van der Waals surface area (Å²) in [6.07, 6.45) is 9.93. The van der Waals surface area contributed by atoms with Crippen molar-refractivity contribution in [2.75, 3.05) is 6.61 Å². The maximum Gasteiger partial charge on any atom is 2.00 e. The molecule has 0 fully saturated rings. The molecule has 0 atom stereocenters. The van der Waals surface area contributed by atoms with E-state index in [1.54, 1.807) is 30.3 Å². The van der Waals surface area contributed by atoms with E-state index in [1.807, 2.05) is 0 Å². The van der Waals surface area contributed by atoms with Gasteiger partial charge in [0, 0.05) is 23.1 Å². The van der Waals surface area contributed by atoms with Crippen molar-refractivity contribution < 1.29 is 27.6 Å². The third-order valence-electron chi connectivity index (χ3n) is 3.77. The van der Waals surface area contributed by atoms with E-state index in [0.29, 0.717) is 0 Å². The summed E-state index contributed by atoms with van der Waals surface area (Å²) in [5, 5.41) is 16.7. The van der Waals surface area contributed by atoms with Gasteiger partial charge < -0.3 is 15.0 Å². The molecule has 0 N–H and O–H groups in total. The summed E-state index contributed by atoms with van der Waals surface area (Å²) < 4.78 is 28.8. The van der Waals surface area contributed by atoms with Gasteiger partial charge >= 0.3 is 23.1 Å². The molecule has 0 bridgehead atoms. The molecule has 0 amide bonds. The summed E-state index contributed by atoms with van der Waals surface area (Å²) >= 11 is 0. The van der Waals surface area contributed by atoms with Crippen molar-refractivity contribution in [1.82, 2.24) is 0 Å². The Morgan fingerprint density at radius 3 is 1.68 bits per heavy atom. The van der Waals surface area contributed by atoms with Gasteiger partial charge in [-0.15, -0.1) is 0 Å². The Balaban J connectivity index is -0.000000948. The molecule has 0 unspecified atom stereocenters. The Kier molecular flexibility index (Phi) is 25.2. The molecule has 0 heterocycles. The summed E-state index contributed by atoms with van der Waals surface area (Å²) in [4.78, 5) is 8.57. The van der Waals surface area contributed by atoms with Gasteiger partial charge in [-0.25, -0.2) is 0 Å². The number of carbonyl (C=O) groups excluding carboxylic acids is 1. The molecule has 1 aromatic carbocycles. The normalized spacial score (nSPS) is 10.0. The molecule has 2 radical (unpaired) electrons. The molecule has 0 saturated heterocycles. The number of rotatable bonds is 13. The van der Waals surface area contributed by atoms with Crippen LogP contribution < -0.4 is 10.2 Å². The second-order valence-electron chi connectivity index (χ2n) is 6.02. The number of unbranched alkanes of at least 4 members (excludes halogenated alkanes) is 9. The van der Waals surface area contributed by atoms with Crippen molar-refractivity contribution >= 4 is 62.4 Å². The number of hydrogen-bond acceptors (Lipinski definition) is 6. The van der Waals surface area contributed by atoms with Crippen molar-refractivity contribution in [3.8, 4) is 0 Å². The predicted molar refractivity (Wildman–Crippen MR) is 108 cm³/mol. The fourth-order valence-electron chi connectivity index (χ4n) is 2.41. The zero-order chi connectivity index (χ0) is 19.7. The van der Waals surface area contributed by atoms with E-state index < -0.39 is 16.3 Å². The third-order valence-corrected chi connectivity index (χ3v) is 5.09. The first-order valence-corrected chi connectivity index (χ1v) is 10.6. The van der Waals surface area contributed by atoms with E-state index in [4.69, 9.17) is 19.2 Å². The Morgan fingerprint density at radius 1 is 0.857 bits per heavy atom. The second-order valence-corrected chi connectivity index (χ2v) is 7.64. The van der Waals surface area contributed by atoms with Gasteiger partial charge in [0.1, 0.15) is 0 Å². The predicted octanol–water partition coefficient (Wildman–Crippen LogP) is 2.10. The molecule has 0 spiro atoms. The first-order valence-electron chi connectivity index (χ1n) is 9.22. The minimum Gasteiger partial charge on any atom is -0.652 e. The van der Waals surface area contributed by atoms with Crippen LogP contribution in [0.1, 0.15) is 71.1 Å². The quantitative estimate of drug-likeness (QED) is 0.267. The van der Waals surface area contributed by atoms with Crippen LogP contribution >= 0.6 is 0 Å². The Labute approximate surface area is 201 Å². The van der Waals surface area contributed by atoms with E-state index >= 15 is 0 Å². The van der Waals surface area contributed by atoms with Crippen LogP contribution in [0.5, 0.6) is 0 Å². The minimum absolute atomic E-state index is 0.